The molecule has 1 aromatic carbocycles. The van der Waals surface area contributed by atoms with E-state index >= 15 is 0 Å². The van der Waals surface area contributed by atoms with E-state index in [4.69, 9.17) is 4.42 Å². The molecule has 8 nitrogen and oxygen atoms in total. The molecule has 154 valence electrons. The Morgan fingerprint density at radius 1 is 1.28 bits per heavy atom. The van der Waals surface area contributed by atoms with Gasteiger partial charge in [0.05, 0.1) is 17.5 Å². The quantitative estimate of drug-likeness (QED) is 0.731. The predicted octanol–water partition coefficient (Wildman–Crippen LogP) is 2.97. The second kappa shape index (κ2) is 8.34. The van der Waals surface area contributed by atoms with Crippen LogP contribution in [0.2, 0.25) is 0 Å². The van der Waals surface area contributed by atoms with Crippen molar-refractivity contribution in [2.45, 2.75) is 26.8 Å². The molecule has 29 heavy (non-hydrogen) atoms. The minimum absolute atomic E-state index is 0.0673. The van der Waals surface area contributed by atoms with Gasteiger partial charge in [0.1, 0.15) is 17.6 Å². The Morgan fingerprint density at radius 3 is 2.69 bits per heavy atom. The number of anilines is 2. The number of hydrogen-bond donors (Lipinski definition) is 3. The van der Waals surface area contributed by atoms with E-state index in [2.05, 4.69) is 16.0 Å². The fourth-order valence-electron chi connectivity index (χ4n) is 3.28. The van der Waals surface area contributed by atoms with Crippen LogP contribution in [0.5, 0.6) is 0 Å². The molecule has 1 atom stereocenters. The maximum absolute atomic E-state index is 14.2. The highest BCUT2D eigenvalue weighted by Gasteiger charge is 2.35. The fraction of sp³-hybridized carbons (Fsp3) is 0.350. The molecule has 1 fully saturated rings. The Hall–Kier alpha value is -3.36. The maximum Gasteiger partial charge on any atom is 0.322 e. The lowest BCUT2D eigenvalue weighted by molar-refractivity contribution is -0.129. The summed E-state index contributed by atoms with van der Waals surface area (Å²) in [5.41, 5.74) is 0.507. The molecule has 0 saturated carbocycles. The summed E-state index contributed by atoms with van der Waals surface area (Å²) < 4.78 is 19.3. The number of carbonyl (C=O) groups is 3. The average molecular weight is 402 g/mol. The number of hydrogen-bond acceptors (Lipinski definition) is 4. The summed E-state index contributed by atoms with van der Waals surface area (Å²) in [6.07, 6.45) is 1.37. The smallest absolute Gasteiger partial charge is 0.322 e. The zero-order valence-corrected chi connectivity index (χ0v) is 16.4. The number of aryl methyl sites for hydroxylation is 1. The van der Waals surface area contributed by atoms with Crippen molar-refractivity contribution < 1.29 is 23.2 Å². The van der Waals surface area contributed by atoms with Gasteiger partial charge < -0.3 is 25.3 Å². The molecule has 1 aliphatic rings. The van der Waals surface area contributed by atoms with Crippen LogP contribution in [-0.2, 0) is 4.79 Å². The molecule has 0 aliphatic carbocycles. The van der Waals surface area contributed by atoms with Crippen LogP contribution in [0.4, 0.5) is 20.6 Å². The molecule has 1 aliphatic heterocycles. The van der Waals surface area contributed by atoms with E-state index in [9.17, 15) is 18.8 Å². The molecule has 2 heterocycles. The van der Waals surface area contributed by atoms with Crippen molar-refractivity contribution in [2.24, 2.45) is 5.92 Å². The third-order valence-electron chi connectivity index (χ3n) is 4.72. The first-order valence-electron chi connectivity index (χ1n) is 9.28. The monoisotopic (exact) mass is 402 g/mol. The van der Waals surface area contributed by atoms with Gasteiger partial charge in [-0.15, -0.1) is 0 Å². The van der Waals surface area contributed by atoms with Gasteiger partial charge in [-0.3, -0.25) is 9.59 Å². The number of amides is 4. The van der Waals surface area contributed by atoms with Gasteiger partial charge in [-0.05, 0) is 37.1 Å². The summed E-state index contributed by atoms with van der Waals surface area (Å²) in [7, 11) is 0. The Kier molecular flexibility index (Phi) is 5.86. The molecule has 3 rings (SSSR count). The second-order valence-electron chi connectivity index (χ2n) is 7.14. The summed E-state index contributed by atoms with van der Waals surface area (Å²) in [6.45, 7) is 6.08. The highest BCUT2D eigenvalue weighted by molar-refractivity contribution is 6.05. The number of carbonyl (C=O) groups excluding carboxylic acids is 3. The van der Waals surface area contributed by atoms with Gasteiger partial charge >= 0.3 is 6.03 Å². The molecule has 2 aromatic rings. The van der Waals surface area contributed by atoms with E-state index in [1.54, 1.807) is 6.92 Å². The first-order chi connectivity index (χ1) is 13.8. The molecule has 1 saturated heterocycles. The van der Waals surface area contributed by atoms with Gasteiger partial charge in [0.2, 0.25) is 5.91 Å². The second-order valence-corrected chi connectivity index (χ2v) is 7.14. The lowest BCUT2D eigenvalue weighted by atomic mass is 10.00. The van der Waals surface area contributed by atoms with Gasteiger partial charge in [0, 0.05) is 18.8 Å². The minimum Gasteiger partial charge on any atom is -0.469 e. The largest absolute Gasteiger partial charge is 0.469 e. The number of halogens is 1. The molecule has 0 radical (unpaired) electrons. The van der Waals surface area contributed by atoms with E-state index in [-0.39, 0.29) is 23.1 Å². The Labute approximate surface area is 167 Å². The van der Waals surface area contributed by atoms with Crippen LogP contribution < -0.4 is 16.0 Å². The van der Waals surface area contributed by atoms with Crippen LogP contribution in [-0.4, -0.2) is 41.9 Å². The van der Waals surface area contributed by atoms with Crippen LogP contribution in [0.1, 0.15) is 30.0 Å². The third-order valence-corrected chi connectivity index (χ3v) is 4.72. The van der Waals surface area contributed by atoms with Crippen molar-refractivity contribution in [3.63, 3.8) is 0 Å². The van der Waals surface area contributed by atoms with Crippen molar-refractivity contribution in [2.75, 3.05) is 23.7 Å². The summed E-state index contributed by atoms with van der Waals surface area (Å²) in [5, 5.41) is 7.91. The fourth-order valence-corrected chi connectivity index (χ4v) is 3.28. The number of furan rings is 1. The lowest BCUT2D eigenvalue weighted by Crippen LogP contribution is -2.60. The number of benzene rings is 1. The van der Waals surface area contributed by atoms with E-state index in [1.807, 2.05) is 13.8 Å². The van der Waals surface area contributed by atoms with E-state index < -0.39 is 23.8 Å². The summed E-state index contributed by atoms with van der Waals surface area (Å²) in [4.78, 5) is 38.6. The van der Waals surface area contributed by atoms with Gasteiger partial charge in [0.25, 0.3) is 5.91 Å². The SMILES string of the molecule is Cc1occc1C(=O)Nc1cc(NC(=O)N2CCNC(=O)C2C(C)C)ccc1F. The van der Waals surface area contributed by atoms with Crippen LogP contribution in [0.25, 0.3) is 0 Å². The van der Waals surface area contributed by atoms with Crippen LogP contribution >= 0.6 is 0 Å². The number of rotatable bonds is 4. The van der Waals surface area contributed by atoms with Crippen molar-refractivity contribution >= 4 is 29.2 Å². The molecule has 0 bridgehead atoms. The van der Waals surface area contributed by atoms with Crippen molar-refractivity contribution in [3.05, 3.63) is 47.7 Å². The van der Waals surface area contributed by atoms with Gasteiger partial charge in [-0.2, -0.15) is 0 Å². The zero-order chi connectivity index (χ0) is 21.1. The molecule has 0 spiro atoms. The lowest BCUT2D eigenvalue weighted by Gasteiger charge is -2.37. The number of nitrogens with zero attached hydrogens (tertiary/aromatic N) is 1. The molecular weight excluding hydrogens is 379 g/mol. The first-order valence-corrected chi connectivity index (χ1v) is 9.28. The molecule has 9 heteroatoms. The topological polar surface area (TPSA) is 104 Å². The van der Waals surface area contributed by atoms with Crippen molar-refractivity contribution in [1.29, 1.82) is 0 Å². The summed E-state index contributed by atoms with van der Waals surface area (Å²) in [6, 6.07) is 4.30. The van der Waals surface area contributed by atoms with E-state index in [0.29, 0.717) is 24.5 Å². The summed E-state index contributed by atoms with van der Waals surface area (Å²) >= 11 is 0. The van der Waals surface area contributed by atoms with Gasteiger partial charge in [-0.1, -0.05) is 13.8 Å². The molecule has 3 N–H and O–H groups in total. The van der Waals surface area contributed by atoms with Crippen LogP contribution in [0.15, 0.2) is 34.9 Å². The highest BCUT2D eigenvalue weighted by Crippen LogP contribution is 2.23. The zero-order valence-electron chi connectivity index (χ0n) is 16.4. The normalized spacial score (nSPS) is 16.5. The maximum atomic E-state index is 14.2. The Morgan fingerprint density at radius 2 is 2.03 bits per heavy atom. The number of piperazine rings is 1. The average Bonchev–Trinajstić information content (AvgIpc) is 3.10. The molecule has 4 amide bonds. The van der Waals surface area contributed by atoms with E-state index in [0.717, 1.165) is 6.07 Å². The van der Waals surface area contributed by atoms with E-state index in [1.165, 1.54) is 29.4 Å². The van der Waals surface area contributed by atoms with Gasteiger partial charge in [-0.25, -0.2) is 9.18 Å². The highest BCUT2D eigenvalue weighted by atomic mass is 19.1. The summed E-state index contributed by atoms with van der Waals surface area (Å²) in [5.74, 6) is -1.03. The first kappa shape index (κ1) is 20.4. The predicted molar refractivity (Wildman–Crippen MR) is 105 cm³/mol. The molecular formula is C20H23FN4O4. The minimum atomic E-state index is -0.644. The third kappa shape index (κ3) is 4.39. The van der Waals surface area contributed by atoms with Crippen LogP contribution in [0.3, 0.4) is 0 Å². The van der Waals surface area contributed by atoms with Gasteiger partial charge in [0.15, 0.2) is 0 Å². The molecule has 1 unspecified atom stereocenters. The van der Waals surface area contributed by atoms with Crippen molar-refractivity contribution in [1.82, 2.24) is 10.2 Å². The molecule has 1 aromatic heterocycles. The number of urea groups is 1. The van der Waals surface area contributed by atoms with Crippen LogP contribution in [0, 0.1) is 18.7 Å². The number of nitrogens with one attached hydrogen (secondary N) is 3. The Balaban J connectivity index is 1.75. The Bertz CT molecular complexity index is 940. The van der Waals surface area contributed by atoms with Crippen molar-refractivity contribution in [3.8, 4) is 0 Å². The standard InChI is InChI=1S/C20H23FN4O4/c1-11(2)17-19(27)22-7-8-25(17)20(28)23-13-4-5-15(21)16(10-13)24-18(26)14-6-9-29-12(14)3/h4-6,9-11,17H,7-8H2,1-3H3,(H,22,27)(H,23,28)(H,24,26).